The number of carbonyl (C=O) groups excluding carboxylic acids is 1. The Hall–Kier alpha value is -1.66. The van der Waals surface area contributed by atoms with Crippen molar-refractivity contribution in [2.24, 2.45) is 5.92 Å². The van der Waals surface area contributed by atoms with Crippen molar-refractivity contribution in [2.45, 2.75) is 33.2 Å². The van der Waals surface area contributed by atoms with Crippen LogP contribution in [0.2, 0.25) is 0 Å². The summed E-state index contributed by atoms with van der Waals surface area (Å²) in [7, 11) is 0. The highest BCUT2D eigenvalue weighted by molar-refractivity contribution is 8.26. The van der Waals surface area contributed by atoms with Crippen molar-refractivity contribution < 1.29 is 14.7 Å². The van der Waals surface area contributed by atoms with Gasteiger partial charge in [0.2, 0.25) is 0 Å². The number of nitrogens with zero attached hydrogens (tertiary/aromatic N) is 1. The SMILES string of the molecule is Cc1ccc(C=C2SC(=S)N(C(CC(C)C)C(=O)O)C2=O)cc1. The number of carbonyl (C=O) groups is 2. The number of thiocarbonyl (C=S) groups is 1. The van der Waals surface area contributed by atoms with Gasteiger partial charge in [-0.1, -0.05) is 67.7 Å². The second-order valence-electron chi connectivity index (χ2n) is 5.95. The van der Waals surface area contributed by atoms with Crippen molar-refractivity contribution in [1.29, 1.82) is 0 Å². The lowest BCUT2D eigenvalue weighted by Gasteiger charge is -2.24. The lowest BCUT2D eigenvalue weighted by molar-refractivity contribution is -0.145. The summed E-state index contributed by atoms with van der Waals surface area (Å²) in [5, 5.41) is 9.44. The van der Waals surface area contributed by atoms with Crippen molar-refractivity contribution in [1.82, 2.24) is 4.90 Å². The van der Waals surface area contributed by atoms with Gasteiger partial charge in [-0.2, -0.15) is 0 Å². The molecule has 23 heavy (non-hydrogen) atoms. The van der Waals surface area contributed by atoms with Crippen molar-refractivity contribution >= 4 is 46.3 Å². The molecule has 4 nitrogen and oxygen atoms in total. The summed E-state index contributed by atoms with van der Waals surface area (Å²) >= 11 is 6.40. The predicted octanol–water partition coefficient (Wildman–Crippen LogP) is 3.70. The monoisotopic (exact) mass is 349 g/mol. The summed E-state index contributed by atoms with van der Waals surface area (Å²) in [6, 6.07) is 6.86. The highest BCUT2D eigenvalue weighted by Gasteiger charge is 2.40. The molecule has 0 saturated carbocycles. The van der Waals surface area contributed by atoms with Crippen LogP contribution in [0.15, 0.2) is 29.2 Å². The van der Waals surface area contributed by atoms with Gasteiger partial charge in [-0.15, -0.1) is 0 Å². The number of hydrogen-bond acceptors (Lipinski definition) is 4. The fraction of sp³-hybridized carbons (Fsp3) is 0.353. The number of rotatable bonds is 5. The van der Waals surface area contributed by atoms with Crippen LogP contribution < -0.4 is 0 Å². The molecule has 1 aliphatic rings. The molecule has 1 saturated heterocycles. The molecule has 0 aliphatic carbocycles. The summed E-state index contributed by atoms with van der Waals surface area (Å²) < 4.78 is 0.307. The summed E-state index contributed by atoms with van der Waals surface area (Å²) in [5.41, 5.74) is 2.03. The Labute approximate surface area is 145 Å². The zero-order valence-electron chi connectivity index (χ0n) is 13.3. The minimum Gasteiger partial charge on any atom is -0.480 e. The first-order chi connectivity index (χ1) is 10.8. The molecule has 1 unspecified atom stereocenters. The fourth-order valence-corrected chi connectivity index (χ4v) is 3.68. The van der Waals surface area contributed by atoms with Crippen LogP contribution in [0.3, 0.4) is 0 Å². The lowest BCUT2D eigenvalue weighted by atomic mass is 10.0. The largest absolute Gasteiger partial charge is 0.480 e. The van der Waals surface area contributed by atoms with Crippen molar-refractivity contribution in [3.8, 4) is 0 Å². The quantitative estimate of drug-likeness (QED) is 0.649. The Kier molecular flexibility index (Phi) is 5.59. The molecule has 0 radical (unpaired) electrons. The predicted molar refractivity (Wildman–Crippen MR) is 97.1 cm³/mol. The van der Waals surface area contributed by atoms with Crippen molar-refractivity contribution in [3.05, 3.63) is 40.3 Å². The van der Waals surface area contributed by atoms with Gasteiger partial charge in [-0.25, -0.2) is 4.79 Å². The third-order valence-corrected chi connectivity index (χ3v) is 4.82. The number of benzene rings is 1. The number of hydrogen-bond donors (Lipinski definition) is 1. The van der Waals surface area contributed by atoms with Gasteiger partial charge in [-0.3, -0.25) is 9.69 Å². The molecule has 6 heteroatoms. The molecular weight excluding hydrogens is 330 g/mol. The topological polar surface area (TPSA) is 57.6 Å². The average molecular weight is 349 g/mol. The zero-order valence-corrected chi connectivity index (χ0v) is 14.9. The maximum absolute atomic E-state index is 12.6. The fourth-order valence-electron chi connectivity index (χ4n) is 2.33. The van der Waals surface area contributed by atoms with Gasteiger partial charge in [0, 0.05) is 0 Å². The van der Waals surface area contributed by atoms with E-state index in [2.05, 4.69) is 0 Å². The highest BCUT2D eigenvalue weighted by atomic mass is 32.2. The second-order valence-corrected chi connectivity index (χ2v) is 7.62. The van der Waals surface area contributed by atoms with Crippen LogP contribution in [0, 0.1) is 12.8 Å². The van der Waals surface area contributed by atoms with E-state index in [0.29, 0.717) is 15.6 Å². The van der Waals surface area contributed by atoms with Crippen LogP contribution in [-0.2, 0) is 9.59 Å². The van der Waals surface area contributed by atoms with Crippen molar-refractivity contribution in [3.63, 3.8) is 0 Å². The Morgan fingerprint density at radius 2 is 1.96 bits per heavy atom. The molecule has 2 rings (SSSR count). The van der Waals surface area contributed by atoms with E-state index in [4.69, 9.17) is 12.2 Å². The number of amides is 1. The lowest BCUT2D eigenvalue weighted by Crippen LogP contribution is -2.44. The number of aliphatic carboxylic acids is 1. The average Bonchev–Trinajstić information content (AvgIpc) is 2.73. The molecule has 1 aliphatic heterocycles. The molecule has 0 spiro atoms. The zero-order chi connectivity index (χ0) is 17.1. The number of thioether (sulfide) groups is 1. The van der Waals surface area contributed by atoms with E-state index in [0.717, 1.165) is 22.9 Å². The summed E-state index contributed by atoms with van der Waals surface area (Å²) in [6.07, 6.45) is 2.13. The molecular formula is C17H19NO3S2. The third kappa shape index (κ3) is 4.20. The van der Waals surface area contributed by atoms with E-state index in [1.165, 1.54) is 4.90 Å². The van der Waals surface area contributed by atoms with Gasteiger partial charge in [-0.05, 0) is 30.9 Å². The second kappa shape index (κ2) is 7.27. The smallest absolute Gasteiger partial charge is 0.326 e. The Balaban J connectivity index is 2.28. The maximum Gasteiger partial charge on any atom is 0.326 e. The summed E-state index contributed by atoms with van der Waals surface area (Å²) in [5.74, 6) is -1.19. The number of carboxylic acid groups (broad SMARTS) is 1. The van der Waals surface area contributed by atoms with Gasteiger partial charge in [0.25, 0.3) is 5.91 Å². The molecule has 1 heterocycles. The van der Waals surface area contributed by atoms with Crippen LogP contribution in [0.4, 0.5) is 0 Å². The van der Waals surface area contributed by atoms with Gasteiger partial charge in [0.15, 0.2) is 0 Å². The maximum atomic E-state index is 12.6. The third-order valence-electron chi connectivity index (χ3n) is 3.49. The van der Waals surface area contributed by atoms with Crippen LogP contribution >= 0.6 is 24.0 Å². The van der Waals surface area contributed by atoms with E-state index in [1.54, 1.807) is 6.08 Å². The number of carboxylic acids is 1. The van der Waals surface area contributed by atoms with E-state index >= 15 is 0 Å². The van der Waals surface area contributed by atoms with Gasteiger partial charge in [0.1, 0.15) is 10.4 Å². The normalized spacial score (nSPS) is 18.1. The number of aryl methyl sites for hydroxylation is 1. The minimum atomic E-state index is -1.02. The molecule has 122 valence electrons. The van der Waals surface area contributed by atoms with E-state index < -0.39 is 12.0 Å². The molecule has 1 aromatic carbocycles. The standard InChI is InChI=1S/C17H19NO3S2/c1-10(2)8-13(16(20)21)18-15(19)14(23-17(18)22)9-12-6-4-11(3)5-7-12/h4-7,9-10,13H,8H2,1-3H3,(H,20,21). The molecule has 1 fully saturated rings. The van der Waals surface area contributed by atoms with Gasteiger partial charge < -0.3 is 5.11 Å². The van der Waals surface area contributed by atoms with Crippen LogP contribution in [0.5, 0.6) is 0 Å². The van der Waals surface area contributed by atoms with Gasteiger partial charge >= 0.3 is 5.97 Å². The Morgan fingerprint density at radius 3 is 2.48 bits per heavy atom. The molecule has 0 bridgehead atoms. The Bertz CT molecular complexity index is 665. The van der Waals surface area contributed by atoms with E-state index in [1.807, 2.05) is 45.0 Å². The first kappa shape index (κ1) is 17.7. The van der Waals surface area contributed by atoms with Crippen molar-refractivity contribution in [2.75, 3.05) is 0 Å². The van der Waals surface area contributed by atoms with E-state index in [-0.39, 0.29) is 11.8 Å². The summed E-state index contributed by atoms with van der Waals surface area (Å²) in [6.45, 7) is 5.85. The molecule has 1 N–H and O–H groups in total. The molecule has 0 aromatic heterocycles. The molecule has 1 atom stereocenters. The highest BCUT2D eigenvalue weighted by Crippen LogP contribution is 2.35. The summed E-state index contributed by atoms with van der Waals surface area (Å²) in [4.78, 5) is 25.8. The van der Waals surface area contributed by atoms with E-state index in [9.17, 15) is 14.7 Å². The Morgan fingerprint density at radius 1 is 1.35 bits per heavy atom. The van der Waals surface area contributed by atoms with Crippen LogP contribution in [-0.4, -0.2) is 32.2 Å². The molecule has 1 amide bonds. The first-order valence-corrected chi connectivity index (χ1v) is 8.58. The van der Waals surface area contributed by atoms with Crippen LogP contribution in [0.1, 0.15) is 31.4 Å². The minimum absolute atomic E-state index is 0.154. The van der Waals surface area contributed by atoms with Gasteiger partial charge in [0.05, 0.1) is 4.91 Å². The van der Waals surface area contributed by atoms with Crippen LogP contribution in [0.25, 0.3) is 6.08 Å². The molecule has 1 aromatic rings. The first-order valence-electron chi connectivity index (χ1n) is 7.36.